The Balaban J connectivity index is 1.20. The number of aromatic amines is 1. The van der Waals surface area contributed by atoms with E-state index in [0.29, 0.717) is 0 Å². The number of nitrogens with two attached hydrogens (primary N) is 1. The summed E-state index contributed by atoms with van der Waals surface area (Å²) < 4.78 is 65.7. The fraction of sp³-hybridized carbons (Fsp3) is 0.524. The number of ether oxygens (including phenoxy) is 2. The summed E-state index contributed by atoms with van der Waals surface area (Å²) in [5.41, 5.74) is 4.89. The number of anilines is 1. The number of fused-ring (bicyclic) bond motifs is 5. The highest BCUT2D eigenvalue weighted by atomic mass is 32.7. The second-order valence-corrected chi connectivity index (χ2v) is 15.9. The number of nitrogens with zero attached hydrogens (tertiary/aromatic N) is 6. The van der Waals surface area contributed by atoms with Crippen LogP contribution in [0.1, 0.15) is 29.4 Å². The molecule has 5 N–H and O–H groups in total. The number of imidazole rings is 2. The first-order valence-electron chi connectivity index (χ1n) is 13.1. The van der Waals surface area contributed by atoms with Gasteiger partial charge >= 0.3 is 13.5 Å². The minimum atomic E-state index is -4.42. The van der Waals surface area contributed by atoms with E-state index in [1.165, 1.54) is 28.0 Å². The van der Waals surface area contributed by atoms with Crippen molar-refractivity contribution in [2.24, 2.45) is 4.99 Å². The highest BCUT2D eigenvalue weighted by molar-refractivity contribution is 8.44. The molecule has 3 fully saturated rings. The molecular weight excluding hydrogens is 685 g/mol. The number of halogens is 1. The second-order valence-electron chi connectivity index (χ2n) is 10.3. The maximum atomic E-state index is 16.0. The van der Waals surface area contributed by atoms with Crippen molar-refractivity contribution in [3.8, 4) is 0 Å². The van der Waals surface area contributed by atoms with E-state index in [4.69, 9.17) is 45.1 Å². The molecule has 4 aliphatic rings. The van der Waals surface area contributed by atoms with Gasteiger partial charge in [0.2, 0.25) is 5.95 Å². The van der Waals surface area contributed by atoms with Crippen LogP contribution >= 0.6 is 25.8 Å². The molecule has 242 valence electrons. The first-order valence-corrected chi connectivity index (χ1v) is 18.4. The molecule has 0 saturated carbocycles. The van der Waals surface area contributed by atoms with Gasteiger partial charge in [0.15, 0.2) is 47.1 Å². The fourth-order valence-corrected chi connectivity index (χ4v) is 8.28. The number of alkyl halides is 1. The lowest BCUT2D eigenvalue weighted by molar-refractivity contribution is -0.0586. The van der Waals surface area contributed by atoms with E-state index in [1.807, 2.05) is 0 Å². The molecular formula is C21H23FN8O11P2S2. The highest BCUT2D eigenvalue weighted by Crippen LogP contribution is 2.58. The zero-order chi connectivity index (χ0) is 31.8. The van der Waals surface area contributed by atoms with Gasteiger partial charge in [0.1, 0.15) is 30.5 Å². The third-order valence-electron chi connectivity index (χ3n) is 7.41. The largest absolute Gasteiger partial charge is 0.387 e. The maximum Gasteiger partial charge on any atom is 0.386 e. The molecule has 7 rings (SSSR count). The molecule has 3 aromatic heterocycles. The molecule has 24 heteroatoms. The van der Waals surface area contributed by atoms with Crippen LogP contribution in [0, 0.1) is 0 Å². The molecule has 2 unspecified atom stereocenters. The molecule has 7 heterocycles. The molecule has 2 bridgehead atoms. The molecule has 0 radical (unpaired) electrons. The molecule has 19 nitrogen and oxygen atoms in total. The maximum absolute atomic E-state index is 16.0. The number of carbonyl (C=O) groups excluding carboxylic acids is 1. The summed E-state index contributed by atoms with van der Waals surface area (Å²) in [6, 6.07) is 0. The van der Waals surface area contributed by atoms with Crippen molar-refractivity contribution < 1.29 is 51.3 Å². The van der Waals surface area contributed by atoms with Crippen LogP contribution in [0.15, 0.2) is 22.4 Å². The van der Waals surface area contributed by atoms with Crippen molar-refractivity contribution >= 4 is 72.5 Å². The van der Waals surface area contributed by atoms with Crippen LogP contribution in [0.5, 0.6) is 0 Å². The third kappa shape index (κ3) is 5.62. The second kappa shape index (κ2) is 11.4. The molecule has 3 aromatic rings. The van der Waals surface area contributed by atoms with E-state index in [2.05, 4.69) is 37.2 Å². The predicted octanol–water partition coefficient (Wildman–Crippen LogP) is 0.453. The summed E-state index contributed by atoms with van der Waals surface area (Å²) in [6.45, 7) is -9.98. The van der Waals surface area contributed by atoms with Crippen LogP contribution < -0.4 is 11.3 Å². The number of thiol groups is 1. The van der Waals surface area contributed by atoms with Gasteiger partial charge in [-0.2, -0.15) is 4.98 Å². The van der Waals surface area contributed by atoms with Gasteiger partial charge in [0, 0.05) is 12.6 Å². The van der Waals surface area contributed by atoms with Gasteiger partial charge in [-0.1, -0.05) is 12.2 Å². The van der Waals surface area contributed by atoms with Crippen LogP contribution in [0.4, 0.5) is 16.2 Å². The summed E-state index contributed by atoms with van der Waals surface area (Å²) in [4.78, 5) is 54.0. The number of rotatable bonds is 2. The van der Waals surface area contributed by atoms with Gasteiger partial charge in [-0.3, -0.25) is 37.3 Å². The summed E-state index contributed by atoms with van der Waals surface area (Å²) in [6.07, 6.45) is -8.57. The number of nitrogen functional groups attached to an aromatic ring is 1. The number of hydrogen-bond acceptors (Lipinski definition) is 16. The molecule has 0 aliphatic carbocycles. The lowest BCUT2D eigenvalue weighted by Gasteiger charge is -2.27. The predicted molar refractivity (Wildman–Crippen MR) is 155 cm³/mol. The Hall–Kier alpha value is -2.46. The molecule has 0 amide bonds. The smallest absolute Gasteiger partial charge is 0.386 e. The standard InChI is InChI=1S/C21H23FN8O11P2S2/c22-10-14-9(39-19(10)29-5-25-11-7(31)1-2-24-16(11)29)4-37-43(35,45)41-15-13(32)8(3-36-42(34,44)40-14)38-20(15)30-6-26-12-17(30)27-21(23)28-18(12)33/h2,5-6,8-10,13-15,19-20,32H,1,3-4H2,(H,34,44)(H,35,45)(H3,23,27,28,33)/t8-,9-,10+,13-,14-,15-,19-,20-,42?,43?/m1/s1. The number of aliphatic hydroxyl groups excluding tert-OH is 1. The van der Waals surface area contributed by atoms with E-state index in [0.717, 1.165) is 0 Å². The quantitative estimate of drug-likeness (QED) is 0.179. The Morgan fingerprint density at radius 3 is 2.62 bits per heavy atom. The number of aliphatic hydroxyl groups is 1. The summed E-state index contributed by atoms with van der Waals surface area (Å²) >= 11 is 9.18. The minimum absolute atomic E-state index is 0.0215. The number of aromatic nitrogens is 6. The summed E-state index contributed by atoms with van der Waals surface area (Å²) in [5.74, 6) is -0.511. The summed E-state index contributed by atoms with van der Waals surface area (Å²) in [7, 11) is 0. The van der Waals surface area contributed by atoms with Crippen molar-refractivity contribution in [2.75, 3.05) is 18.9 Å². The SMILES string of the molecule is Nc1nc2c(ncn2[C@@H]2O[C@@H]3COP(O)(=S)O[C@H]4[C@H](F)[C@H](n5cnc6c5N=CCC6=O)O[C@@H]4COP(=O)(S)O[C@@H]2[C@@H]3O)c(=O)[nH]1. The van der Waals surface area contributed by atoms with Gasteiger partial charge in [-0.25, -0.2) is 23.9 Å². The van der Waals surface area contributed by atoms with Gasteiger partial charge in [0.05, 0.1) is 25.9 Å². The zero-order valence-electron chi connectivity index (χ0n) is 22.4. The summed E-state index contributed by atoms with van der Waals surface area (Å²) in [5, 5.41) is 11.1. The molecule has 3 saturated heterocycles. The van der Waals surface area contributed by atoms with Crippen molar-refractivity contribution in [3.05, 3.63) is 28.7 Å². The number of Topliss-reactive ketones (excluding diaryl/α,β-unsaturated/α-hetero) is 1. The topological polar surface area (TPSA) is 250 Å². The molecule has 4 aliphatic heterocycles. The van der Waals surface area contributed by atoms with Crippen molar-refractivity contribution in [1.29, 1.82) is 0 Å². The van der Waals surface area contributed by atoms with E-state index >= 15 is 4.39 Å². The Morgan fingerprint density at radius 2 is 1.82 bits per heavy atom. The van der Waals surface area contributed by atoms with Crippen molar-refractivity contribution in [1.82, 2.24) is 29.1 Å². The molecule has 0 spiro atoms. The van der Waals surface area contributed by atoms with Crippen LogP contribution in [0.2, 0.25) is 0 Å². The normalized spacial score (nSPS) is 38.8. The molecule has 45 heavy (non-hydrogen) atoms. The van der Waals surface area contributed by atoms with Crippen LogP contribution in [-0.2, 0) is 43.9 Å². The molecule has 10 atom stereocenters. The first-order chi connectivity index (χ1) is 21.3. The number of H-pyrrole nitrogens is 1. The van der Waals surface area contributed by atoms with Crippen LogP contribution in [-0.4, -0.2) is 101 Å². The lowest BCUT2D eigenvalue weighted by Crippen LogP contribution is -2.35. The highest BCUT2D eigenvalue weighted by Gasteiger charge is 2.53. The monoisotopic (exact) mass is 708 g/mol. The van der Waals surface area contributed by atoms with Gasteiger partial charge in [-0.15, -0.1) is 0 Å². The van der Waals surface area contributed by atoms with Gasteiger partial charge in [0.25, 0.3) is 5.56 Å². The van der Waals surface area contributed by atoms with E-state index in [9.17, 15) is 24.2 Å². The number of nitrogens with one attached hydrogen (secondary N) is 1. The number of ketones is 1. The van der Waals surface area contributed by atoms with Crippen LogP contribution in [0.25, 0.3) is 11.2 Å². The third-order valence-corrected chi connectivity index (χ3v) is 10.6. The average Bonchev–Trinajstić information content (AvgIpc) is 3.72. The molecule has 0 aromatic carbocycles. The zero-order valence-corrected chi connectivity index (χ0v) is 25.9. The minimum Gasteiger partial charge on any atom is -0.387 e. The Bertz CT molecular complexity index is 1870. The van der Waals surface area contributed by atoms with Gasteiger partial charge < -0.3 is 29.7 Å². The number of carbonyl (C=O) groups is 1. The van der Waals surface area contributed by atoms with E-state index in [-0.39, 0.29) is 40.8 Å². The Kier molecular flexibility index (Phi) is 7.86. The van der Waals surface area contributed by atoms with Crippen molar-refractivity contribution in [3.63, 3.8) is 0 Å². The average molecular weight is 709 g/mol. The Morgan fingerprint density at radius 1 is 1.09 bits per heavy atom. The Labute approximate surface area is 260 Å². The number of hydrogen-bond donors (Lipinski definition) is 5. The van der Waals surface area contributed by atoms with E-state index < -0.39 is 81.4 Å². The lowest BCUT2D eigenvalue weighted by atomic mass is 10.1. The first kappa shape index (κ1) is 31.2. The van der Waals surface area contributed by atoms with Crippen molar-refractivity contribution in [2.45, 2.75) is 55.6 Å². The fourth-order valence-electron chi connectivity index (χ4n) is 5.38. The number of aliphatic imine (C=N–C) groups is 1. The van der Waals surface area contributed by atoms with Gasteiger partial charge in [-0.05, 0) is 11.8 Å². The van der Waals surface area contributed by atoms with Crippen LogP contribution in [0.3, 0.4) is 0 Å². The van der Waals surface area contributed by atoms with E-state index in [1.54, 1.807) is 0 Å².